The molecule has 1 atom stereocenters. The van der Waals surface area contributed by atoms with Crippen molar-refractivity contribution in [1.29, 1.82) is 5.26 Å². The van der Waals surface area contributed by atoms with Gasteiger partial charge in [0.2, 0.25) is 5.88 Å². The summed E-state index contributed by atoms with van der Waals surface area (Å²) < 4.78 is 8.07. The van der Waals surface area contributed by atoms with Crippen molar-refractivity contribution in [2.24, 2.45) is 5.73 Å². The molecule has 2 aromatic carbocycles. The molecule has 4 nitrogen and oxygen atoms in total. The van der Waals surface area contributed by atoms with Crippen molar-refractivity contribution in [3.05, 3.63) is 97.0 Å². The van der Waals surface area contributed by atoms with E-state index in [4.69, 9.17) is 10.5 Å². The molecule has 2 aliphatic rings. The first-order valence-electron chi connectivity index (χ1n) is 9.75. The number of nitriles is 1. The molecule has 2 N–H and O–H groups in total. The molecule has 2 aliphatic heterocycles. The van der Waals surface area contributed by atoms with Gasteiger partial charge < -0.3 is 10.5 Å². The number of hydrogen-bond donors (Lipinski definition) is 1. The van der Waals surface area contributed by atoms with Crippen LogP contribution < -0.4 is 5.73 Å². The number of halogens is 2. The van der Waals surface area contributed by atoms with E-state index < -0.39 is 0 Å². The van der Waals surface area contributed by atoms with Crippen LogP contribution in [0.4, 0.5) is 0 Å². The first-order valence-corrected chi connectivity index (χ1v) is 11.3. The summed E-state index contributed by atoms with van der Waals surface area (Å²) >= 11 is 7.10. The zero-order valence-electron chi connectivity index (χ0n) is 16.5. The molecule has 0 bridgehead atoms. The van der Waals surface area contributed by atoms with Gasteiger partial charge in [-0.05, 0) is 53.6 Å². The van der Waals surface area contributed by atoms with Gasteiger partial charge >= 0.3 is 0 Å². The first-order chi connectivity index (χ1) is 14.5. The lowest BCUT2D eigenvalue weighted by atomic mass is 9.80. The Balaban J connectivity index is 1.89. The number of allylic oxidation sites excluding steroid dienone is 1. The van der Waals surface area contributed by atoms with Crippen LogP contribution in [0.25, 0.3) is 6.08 Å². The second kappa shape index (κ2) is 8.81. The number of benzene rings is 2. The molecule has 0 radical (unpaired) electrons. The van der Waals surface area contributed by atoms with Crippen LogP contribution in [0, 0.1) is 11.3 Å². The van der Waals surface area contributed by atoms with Gasteiger partial charge in [-0.2, -0.15) is 5.26 Å². The third-order valence-corrected chi connectivity index (χ3v) is 6.41. The summed E-state index contributed by atoms with van der Waals surface area (Å²) in [5.74, 6) is 0.754. The van der Waals surface area contributed by atoms with Crippen LogP contribution in [-0.4, -0.2) is 24.5 Å². The number of rotatable bonds is 3. The van der Waals surface area contributed by atoms with Gasteiger partial charge in [-0.3, -0.25) is 4.90 Å². The summed E-state index contributed by atoms with van der Waals surface area (Å²) in [4.78, 5) is 2.35. The second-order valence-corrected chi connectivity index (χ2v) is 9.19. The molecule has 6 heteroatoms. The highest BCUT2D eigenvalue weighted by atomic mass is 79.9. The molecule has 0 aromatic heterocycles. The van der Waals surface area contributed by atoms with Crippen molar-refractivity contribution in [3.63, 3.8) is 0 Å². The predicted octanol–water partition coefficient (Wildman–Crippen LogP) is 5.69. The molecule has 0 saturated carbocycles. The van der Waals surface area contributed by atoms with Crippen LogP contribution in [0.2, 0.25) is 0 Å². The van der Waals surface area contributed by atoms with E-state index in [9.17, 15) is 5.26 Å². The van der Waals surface area contributed by atoms with E-state index in [0.29, 0.717) is 5.57 Å². The lowest BCUT2D eigenvalue weighted by Crippen LogP contribution is -2.38. The monoisotopic (exact) mass is 525 g/mol. The van der Waals surface area contributed by atoms with Crippen molar-refractivity contribution < 1.29 is 4.74 Å². The van der Waals surface area contributed by atoms with Crippen molar-refractivity contribution in [3.8, 4) is 6.07 Å². The Morgan fingerprint density at radius 2 is 1.90 bits per heavy atom. The molecule has 2 aromatic rings. The Bertz CT molecular complexity index is 1130. The van der Waals surface area contributed by atoms with Crippen molar-refractivity contribution in [2.75, 3.05) is 19.6 Å². The standard InChI is InChI=1S/C24H21Br2N3O/c1-2-29-13-17(9-15-5-3-7-18(25)10-15)23-21(14-29)22(20(12-27)24(28)30-23)16-6-4-8-19(26)11-16/h3-11,22H,2,13-14,28H2,1H3. The third-order valence-electron chi connectivity index (χ3n) is 5.43. The zero-order valence-corrected chi connectivity index (χ0v) is 19.7. The summed E-state index contributed by atoms with van der Waals surface area (Å²) in [6, 6.07) is 18.5. The van der Waals surface area contributed by atoms with Crippen LogP contribution in [0.5, 0.6) is 0 Å². The highest BCUT2D eigenvalue weighted by Gasteiger charge is 2.37. The Hall–Kier alpha value is -2.33. The molecule has 152 valence electrons. The minimum atomic E-state index is -0.225. The lowest BCUT2D eigenvalue weighted by Gasteiger charge is -2.38. The first kappa shape index (κ1) is 20.9. The molecule has 1 unspecified atom stereocenters. The Morgan fingerprint density at radius 1 is 1.17 bits per heavy atom. The average Bonchev–Trinajstić information content (AvgIpc) is 2.73. The maximum atomic E-state index is 9.87. The van der Waals surface area contributed by atoms with Gasteiger partial charge in [0.25, 0.3) is 0 Å². The van der Waals surface area contributed by atoms with Crippen molar-refractivity contribution >= 4 is 37.9 Å². The predicted molar refractivity (Wildman–Crippen MR) is 126 cm³/mol. The van der Waals surface area contributed by atoms with Gasteiger partial charge in [-0.25, -0.2) is 0 Å². The van der Waals surface area contributed by atoms with Gasteiger partial charge in [0, 0.05) is 27.6 Å². The maximum Gasteiger partial charge on any atom is 0.205 e. The van der Waals surface area contributed by atoms with Crippen LogP contribution in [0.1, 0.15) is 24.0 Å². The molecule has 0 saturated heterocycles. The fraction of sp³-hybridized carbons (Fsp3) is 0.208. The topological polar surface area (TPSA) is 62.3 Å². The van der Waals surface area contributed by atoms with Crippen LogP contribution >= 0.6 is 31.9 Å². The van der Waals surface area contributed by atoms with E-state index >= 15 is 0 Å². The number of nitrogens with zero attached hydrogens (tertiary/aromatic N) is 2. The maximum absolute atomic E-state index is 9.87. The normalized spacial score (nSPS) is 20.7. The Morgan fingerprint density at radius 3 is 2.57 bits per heavy atom. The summed E-state index contributed by atoms with van der Waals surface area (Å²) in [6.45, 7) is 4.55. The largest absolute Gasteiger partial charge is 0.440 e. The summed E-state index contributed by atoms with van der Waals surface area (Å²) in [7, 11) is 0. The lowest BCUT2D eigenvalue weighted by molar-refractivity contribution is 0.239. The molecular weight excluding hydrogens is 506 g/mol. The second-order valence-electron chi connectivity index (χ2n) is 7.36. The molecular formula is C24H21Br2N3O. The van der Waals surface area contributed by atoms with Crippen molar-refractivity contribution in [2.45, 2.75) is 12.8 Å². The van der Waals surface area contributed by atoms with E-state index in [2.05, 4.69) is 68.0 Å². The van der Waals surface area contributed by atoms with Gasteiger partial charge in [0.05, 0.1) is 5.92 Å². The third kappa shape index (κ3) is 4.11. The number of hydrogen-bond acceptors (Lipinski definition) is 4. The van der Waals surface area contributed by atoms with E-state index in [0.717, 1.165) is 56.6 Å². The quantitative estimate of drug-likeness (QED) is 0.557. The highest BCUT2D eigenvalue weighted by molar-refractivity contribution is 9.10. The van der Waals surface area contributed by atoms with Gasteiger partial charge in [-0.15, -0.1) is 0 Å². The summed E-state index contributed by atoms with van der Waals surface area (Å²) in [5.41, 5.74) is 11.0. The fourth-order valence-corrected chi connectivity index (χ4v) is 4.86. The molecule has 30 heavy (non-hydrogen) atoms. The van der Waals surface area contributed by atoms with E-state index in [-0.39, 0.29) is 11.8 Å². The van der Waals surface area contributed by atoms with Crippen LogP contribution in [0.3, 0.4) is 0 Å². The molecule has 0 aliphatic carbocycles. The minimum absolute atomic E-state index is 0.186. The van der Waals surface area contributed by atoms with Gasteiger partial charge in [0.1, 0.15) is 17.4 Å². The smallest absolute Gasteiger partial charge is 0.205 e. The van der Waals surface area contributed by atoms with E-state index in [1.165, 1.54) is 0 Å². The number of nitrogens with two attached hydrogens (primary N) is 1. The highest BCUT2D eigenvalue weighted by Crippen LogP contribution is 2.44. The summed E-state index contributed by atoms with van der Waals surface area (Å²) in [6.07, 6.45) is 2.14. The molecule has 2 heterocycles. The average molecular weight is 527 g/mol. The molecule has 0 spiro atoms. The van der Waals surface area contributed by atoms with E-state index in [1.54, 1.807) is 0 Å². The van der Waals surface area contributed by atoms with Gasteiger partial charge in [0.15, 0.2) is 0 Å². The van der Waals surface area contributed by atoms with E-state index in [1.807, 2.05) is 36.4 Å². The summed E-state index contributed by atoms with van der Waals surface area (Å²) in [5, 5.41) is 9.87. The van der Waals surface area contributed by atoms with Crippen molar-refractivity contribution in [1.82, 2.24) is 4.90 Å². The van der Waals surface area contributed by atoms with Crippen LogP contribution in [0.15, 0.2) is 85.8 Å². The molecule has 0 fully saturated rings. The minimum Gasteiger partial charge on any atom is -0.440 e. The molecule has 0 amide bonds. The number of likely N-dealkylation sites (N-methyl/N-ethyl adjacent to an activating group) is 1. The number of ether oxygens (including phenoxy) is 1. The Labute approximate surface area is 193 Å². The molecule has 4 rings (SSSR count). The zero-order chi connectivity index (χ0) is 21.3. The fourth-order valence-electron chi connectivity index (χ4n) is 4.03. The van der Waals surface area contributed by atoms with Gasteiger partial charge in [-0.1, -0.05) is 63.0 Å². The SMILES string of the molecule is CCN1CC(=Cc2cccc(Br)c2)C2=C(C1)C(c1cccc(Br)c1)C(C#N)=C(N)O2. The van der Waals surface area contributed by atoms with Crippen LogP contribution in [-0.2, 0) is 4.74 Å². The Kier molecular flexibility index (Phi) is 6.14.